The summed E-state index contributed by atoms with van der Waals surface area (Å²) in [6, 6.07) is 6.27. The molecule has 12 heavy (non-hydrogen) atoms. The monoisotopic (exact) mass is 206 g/mol. The molecule has 3 nitrogen and oxygen atoms in total. The zero-order valence-electron chi connectivity index (χ0n) is 6.48. The lowest BCUT2D eigenvalue weighted by molar-refractivity contribution is 0.482. The summed E-state index contributed by atoms with van der Waals surface area (Å²) < 4.78 is 29.9. The van der Waals surface area contributed by atoms with Crippen molar-refractivity contribution in [1.29, 1.82) is 0 Å². The second kappa shape index (κ2) is 3.93. The summed E-state index contributed by atoms with van der Waals surface area (Å²) in [7, 11) is -4.03. The molecule has 0 radical (unpaired) electrons. The molecule has 0 aliphatic rings. The van der Waals surface area contributed by atoms with Crippen LogP contribution in [0.5, 0.6) is 0 Å². The van der Waals surface area contributed by atoms with Gasteiger partial charge in [0.2, 0.25) is 0 Å². The molecule has 1 N–H and O–H groups in total. The van der Waals surface area contributed by atoms with Crippen LogP contribution in [0.4, 0.5) is 0 Å². The second-order valence-electron chi connectivity index (χ2n) is 2.24. The minimum atomic E-state index is -4.03. The van der Waals surface area contributed by atoms with E-state index >= 15 is 0 Å². The minimum Gasteiger partial charge on any atom is -0.282 e. The Balaban J connectivity index is 0.00000121. The van der Waals surface area contributed by atoms with E-state index in [1.165, 1.54) is 6.07 Å². The summed E-state index contributed by atoms with van der Waals surface area (Å²) in [6.07, 6.45) is 0. The van der Waals surface area contributed by atoms with Crippen molar-refractivity contribution in [3.63, 3.8) is 0 Å². The fraction of sp³-hybridized carbons (Fsp3) is 0.143. The van der Waals surface area contributed by atoms with Crippen LogP contribution in [0.1, 0.15) is 5.56 Å². The lowest BCUT2D eigenvalue weighted by atomic mass is 10.2. The van der Waals surface area contributed by atoms with Crippen LogP contribution in [-0.2, 0) is 10.1 Å². The third-order valence-electron chi connectivity index (χ3n) is 1.37. The van der Waals surface area contributed by atoms with Crippen molar-refractivity contribution in [3.8, 4) is 0 Å². The molecule has 1 rings (SSSR count). The Bertz CT molecular complexity index is 357. The Labute approximate surface area is 78.6 Å². The first kappa shape index (κ1) is 11.5. The maximum atomic E-state index is 10.6. The molecule has 5 heteroatoms. The topological polar surface area (TPSA) is 54.4 Å². The third-order valence-corrected chi connectivity index (χ3v) is 2.39. The van der Waals surface area contributed by atoms with Gasteiger partial charge in [-0.3, -0.25) is 4.55 Å². The zero-order valence-corrected chi connectivity index (χ0v) is 8.30. The summed E-state index contributed by atoms with van der Waals surface area (Å²) in [5.41, 5.74) is 0.551. The molecule has 0 spiro atoms. The molecule has 0 aliphatic carbocycles. The van der Waals surface area contributed by atoms with E-state index in [2.05, 4.69) is 0 Å². The zero-order chi connectivity index (χ0) is 8.48. The Morgan fingerprint density at radius 2 is 1.75 bits per heavy atom. The van der Waals surface area contributed by atoms with Crippen LogP contribution in [-0.4, -0.2) is 13.0 Å². The molecule has 1 aromatic carbocycles. The van der Waals surface area contributed by atoms with Crippen molar-refractivity contribution in [1.82, 2.24) is 0 Å². The average molecular weight is 206 g/mol. The van der Waals surface area contributed by atoms with Gasteiger partial charge in [0.05, 0.1) is 4.90 Å². The number of hydrogen-bond acceptors (Lipinski definition) is 2. The van der Waals surface area contributed by atoms with E-state index in [-0.39, 0.29) is 18.4 Å². The number of aryl methyl sites for hydroxylation is 1. The molecule has 0 aliphatic heterocycles. The van der Waals surface area contributed by atoms with E-state index in [0.717, 1.165) is 0 Å². The molecule has 0 saturated carbocycles. The molecule has 0 heterocycles. The van der Waals surface area contributed by atoms with Crippen molar-refractivity contribution < 1.29 is 13.0 Å². The number of benzene rings is 1. The molecule has 1 aromatic rings. The van der Waals surface area contributed by atoms with Crippen LogP contribution in [0.3, 0.4) is 0 Å². The van der Waals surface area contributed by atoms with Crippen molar-refractivity contribution in [2.75, 3.05) is 0 Å². The lowest BCUT2D eigenvalue weighted by Gasteiger charge is -1.99. The van der Waals surface area contributed by atoms with Crippen LogP contribution >= 0.6 is 13.5 Å². The fourth-order valence-electron chi connectivity index (χ4n) is 0.846. The standard InChI is InChI=1S/C7H8O3S.H2S/c1-6-4-2-3-5-7(6)11(8,9)10;/h2-5H,1H3,(H,8,9,10);1H2. The van der Waals surface area contributed by atoms with E-state index in [1.807, 2.05) is 0 Å². The summed E-state index contributed by atoms with van der Waals surface area (Å²) in [5.74, 6) is 0. The van der Waals surface area contributed by atoms with Crippen molar-refractivity contribution in [2.45, 2.75) is 11.8 Å². The van der Waals surface area contributed by atoms with Gasteiger partial charge >= 0.3 is 0 Å². The molecule has 0 fully saturated rings. The summed E-state index contributed by atoms with van der Waals surface area (Å²) in [6.45, 7) is 1.63. The SMILES string of the molecule is Cc1ccccc1S(=O)(=O)O.S. The number of rotatable bonds is 1. The van der Waals surface area contributed by atoms with Crippen molar-refractivity contribution in [2.24, 2.45) is 0 Å². The summed E-state index contributed by atoms with van der Waals surface area (Å²) in [4.78, 5) is -0.0278. The Morgan fingerprint density at radius 3 is 2.08 bits per heavy atom. The van der Waals surface area contributed by atoms with Gasteiger partial charge in [-0.05, 0) is 18.6 Å². The quantitative estimate of drug-likeness (QED) is 0.706. The summed E-state index contributed by atoms with van der Waals surface area (Å²) >= 11 is 0. The van der Waals surface area contributed by atoms with Gasteiger partial charge in [-0.1, -0.05) is 18.2 Å². The van der Waals surface area contributed by atoms with Gasteiger partial charge in [-0.25, -0.2) is 0 Å². The first-order chi connectivity index (χ1) is 5.02. The average Bonchev–Trinajstić information content (AvgIpc) is 1.86. The molecule has 0 saturated heterocycles. The highest BCUT2D eigenvalue weighted by atomic mass is 32.2. The third kappa shape index (κ3) is 2.51. The highest BCUT2D eigenvalue weighted by Crippen LogP contribution is 2.12. The van der Waals surface area contributed by atoms with Gasteiger partial charge in [0.15, 0.2) is 0 Å². The van der Waals surface area contributed by atoms with Gasteiger partial charge < -0.3 is 0 Å². The largest absolute Gasteiger partial charge is 0.294 e. The maximum Gasteiger partial charge on any atom is 0.294 e. The van der Waals surface area contributed by atoms with Crippen LogP contribution in [0, 0.1) is 6.92 Å². The highest BCUT2D eigenvalue weighted by molar-refractivity contribution is 7.85. The van der Waals surface area contributed by atoms with Crippen LogP contribution in [0.15, 0.2) is 29.2 Å². The smallest absolute Gasteiger partial charge is 0.282 e. The molecular weight excluding hydrogens is 196 g/mol. The molecular formula is C7H10O3S2. The van der Waals surface area contributed by atoms with Crippen molar-refractivity contribution >= 4 is 23.6 Å². The maximum absolute atomic E-state index is 10.6. The number of hydrogen-bond donors (Lipinski definition) is 1. The van der Waals surface area contributed by atoms with Crippen LogP contribution in [0.2, 0.25) is 0 Å². The van der Waals surface area contributed by atoms with E-state index in [0.29, 0.717) is 5.56 Å². The predicted octanol–water partition coefficient (Wildman–Crippen LogP) is 1.35. The summed E-state index contributed by atoms with van der Waals surface area (Å²) in [5, 5.41) is 0. The molecule has 0 atom stereocenters. The highest BCUT2D eigenvalue weighted by Gasteiger charge is 2.10. The molecule has 0 amide bonds. The fourth-order valence-corrected chi connectivity index (χ4v) is 1.57. The molecule has 0 aromatic heterocycles. The minimum absolute atomic E-state index is 0. The Kier molecular flexibility index (Phi) is 3.76. The second-order valence-corrected chi connectivity index (χ2v) is 3.63. The van der Waals surface area contributed by atoms with Crippen LogP contribution < -0.4 is 0 Å². The van der Waals surface area contributed by atoms with E-state index in [1.54, 1.807) is 25.1 Å². The molecule has 0 bridgehead atoms. The first-order valence-corrected chi connectivity index (χ1v) is 4.49. The van der Waals surface area contributed by atoms with Crippen LogP contribution in [0.25, 0.3) is 0 Å². The van der Waals surface area contributed by atoms with Gasteiger partial charge in [0.1, 0.15) is 0 Å². The van der Waals surface area contributed by atoms with E-state index in [9.17, 15) is 8.42 Å². The Hall–Kier alpha value is -0.520. The van der Waals surface area contributed by atoms with E-state index < -0.39 is 10.1 Å². The van der Waals surface area contributed by atoms with E-state index in [4.69, 9.17) is 4.55 Å². The molecule has 68 valence electrons. The van der Waals surface area contributed by atoms with Gasteiger partial charge in [-0.2, -0.15) is 21.9 Å². The van der Waals surface area contributed by atoms with Gasteiger partial charge in [-0.15, -0.1) is 0 Å². The predicted molar refractivity (Wildman–Crippen MR) is 51.4 cm³/mol. The van der Waals surface area contributed by atoms with Gasteiger partial charge in [0.25, 0.3) is 10.1 Å². The van der Waals surface area contributed by atoms with Crippen molar-refractivity contribution in [3.05, 3.63) is 29.8 Å². The molecule has 0 unspecified atom stereocenters. The lowest BCUT2D eigenvalue weighted by Crippen LogP contribution is -1.99. The van der Waals surface area contributed by atoms with Gasteiger partial charge in [0, 0.05) is 0 Å². The normalized spacial score (nSPS) is 10.5. The Morgan fingerprint density at radius 1 is 1.25 bits per heavy atom. The first-order valence-electron chi connectivity index (χ1n) is 3.05.